The zero-order valence-corrected chi connectivity index (χ0v) is 17.5. The molecule has 0 saturated heterocycles. The summed E-state index contributed by atoms with van der Waals surface area (Å²) in [7, 11) is 1.37. The summed E-state index contributed by atoms with van der Waals surface area (Å²) >= 11 is 0. The summed E-state index contributed by atoms with van der Waals surface area (Å²) in [5, 5.41) is 3.84. The van der Waals surface area contributed by atoms with Crippen LogP contribution in [0.1, 0.15) is 36.0 Å². The number of rotatable bonds is 10. The van der Waals surface area contributed by atoms with Crippen molar-refractivity contribution in [2.75, 3.05) is 13.7 Å². The van der Waals surface area contributed by atoms with Gasteiger partial charge < -0.3 is 10.5 Å². The third kappa shape index (κ3) is 4.96. The molecule has 0 bridgehead atoms. The maximum absolute atomic E-state index is 11.5. The monoisotopic (exact) mass is 402 g/mol. The van der Waals surface area contributed by atoms with Gasteiger partial charge >= 0.3 is 5.97 Å². The summed E-state index contributed by atoms with van der Waals surface area (Å²) in [4.78, 5) is 11.5. The fraction of sp³-hybridized carbons (Fsp3) is 0.269. The van der Waals surface area contributed by atoms with Gasteiger partial charge in [-0.1, -0.05) is 97.4 Å². The van der Waals surface area contributed by atoms with Gasteiger partial charge in [0.15, 0.2) is 0 Å². The lowest BCUT2D eigenvalue weighted by atomic mass is 9.77. The molecule has 3 N–H and O–H groups in total. The quantitative estimate of drug-likeness (QED) is 0.302. The Morgan fingerprint density at radius 1 is 0.833 bits per heavy atom. The lowest BCUT2D eigenvalue weighted by Crippen LogP contribution is -2.45. The number of hydrogen-bond donors (Lipinski definition) is 2. The van der Waals surface area contributed by atoms with Gasteiger partial charge in [0.25, 0.3) is 0 Å². The summed E-state index contributed by atoms with van der Waals surface area (Å²) in [6.07, 6.45) is 2.36. The number of carbonyl (C=O) groups is 1. The van der Waals surface area contributed by atoms with Gasteiger partial charge in [-0.2, -0.15) is 0 Å². The first kappa shape index (κ1) is 21.8. The molecule has 4 nitrogen and oxygen atoms in total. The van der Waals surface area contributed by atoms with E-state index in [1.54, 1.807) is 0 Å². The van der Waals surface area contributed by atoms with E-state index in [9.17, 15) is 4.79 Å². The summed E-state index contributed by atoms with van der Waals surface area (Å²) in [6, 6.07) is 31.0. The second-order valence-electron chi connectivity index (χ2n) is 7.40. The van der Waals surface area contributed by atoms with Crippen molar-refractivity contribution in [3.8, 4) is 0 Å². The Morgan fingerprint density at radius 2 is 1.27 bits per heavy atom. The number of esters is 1. The number of hydrogen-bond acceptors (Lipinski definition) is 4. The number of unbranched alkanes of at least 4 members (excludes halogenated alkanes) is 1. The Bertz CT molecular complexity index is 801. The molecule has 30 heavy (non-hydrogen) atoms. The van der Waals surface area contributed by atoms with Crippen molar-refractivity contribution in [3.05, 3.63) is 108 Å². The highest BCUT2D eigenvalue weighted by atomic mass is 16.5. The molecule has 4 heteroatoms. The van der Waals surface area contributed by atoms with Crippen molar-refractivity contribution in [2.24, 2.45) is 5.73 Å². The first-order valence-corrected chi connectivity index (χ1v) is 10.4. The molecule has 0 unspecified atom stereocenters. The van der Waals surface area contributed by atoms with E-state index >= 15 is 0 Å². The van der Waals surface area contributed by atoms with E-state index in [2.05, 4.69) is 78.1 Å². The molecule has 3 rings (SSSR count). The largest absolute Gasteiger partial charge is 0.468 e. The van der Waals surface area contributed by atoms with Gasteiger partial charge in [0, 0.05) is 0 Å². The minimum Gasteiger partial charge on any atom is -0.468 e. The Kier molecular flexibility index (Phi) is 7.77. The first-order chi connectivity index (χ1) is 14.7. The Morgan fingerprint density at radius 3 is 1.67 bits per heavy atom. The van der Waals surface area contributed by atoms with Gasteiger partial charge in [-0.15, -0.1) is 0 Å². The molecule has 156 valence electrons. The molecule has 1 atom stereocenters. The molecular weight excluding hydrogens is 372 g/mol. The molecule has 0 aromatic heterocycles. The predicted molar refractivity (Wildman–Crippen MR) is 121 cm³/mol. The van der Waals surface area contributed by atoms with Crippen LogP contribution in [0.4, 0.5) is 0 Å². The molecule has 3 aromatic carbocycles. The van der Waals surface area contributed by atoms with Gasteiger partial charge in [0.2, 0.25) is 0 Å². The van der Waals surface area contributed by atoms with Gasteiger partial charge in [-0.05, 0) is 36.1 Å². The van der Waals surface area contributed by atoms with Crippen LogP contribution in [0.2, 0.25) is 0 Å². The van der Waals surface area contributed by atoms with E-state index in [0.717, 1.165) is 19.4 Å². The smallest absolute Gasteiger partial charge is 0.322 e. The van der Waals surface area contributed by atoms with Crippen LogP contribution in [0.3, 0.4) is 0 Å². The Labute approximate surface area is 179 Å². The van der Waals surface area contributed by atoms with Gasteiger partial charge in [-0.25, -0.2) is 0 Å². The maximum atomic E-state index is 11.5. The number of benzene rings is 3. The lowest BCUT2D eigenvalue weighted by molar-refractivity contribution is -0.142. The third-order valence-electron chi connectivity index (χ3n) is 5.46. The van der Waals surface area contributed by atoms with Crippen LogP contribution in [0, 0.1) is 0 Å². The van der Waals surface area contributed by atoms with E-state index < -0.39 is 11.6 Å². The summed E-state index contributed by atoms with van der Waals surface area (Å²) < 4.78 is 4.72. The van der Waals surface area contributed by atoms with E-state index in [4.69, 9.17) is 10.5 Å². The molecule has 0 aliphatic heterocycles. The van der Waals surface area contributed by atoms with Gasteiger partial charge in [-0.3, -0.25) is 10.1 Å². The Balaban J connectivity index is 1.87. The number of nitrogens with two attached hydrogens (primary N) is 1. The first-order valence-electron chi connectivity index (χ1n) is 10.4. The molecule has 0 saturated carbocycles. The zero-order valence-electron chi connectivity index (χ0n) is 17.5. The van der Waals surface area contributed by atoms with Crippen molar-refractivity contribution in [1.29, 1.82) is 0 Å². The zero-order chi connectivity index (χ0) is 21.2. The SMILES string of the molecule is COC(=O)[C@@H](N)CCCCNC(c1ccccc1)(c1ccccc1)c1ccccc1. The van der Waals surface area contributed by atoms with E-state index in [1.807, 2.05) is 18.2 Å². The van der Waals surface area contributed by atoms with Crippen molar-refractivity contribution in [2.45, 2.75) is 30.8 Å². The molecule has 0 aliphatic carbocycles. The van der Waals surface area contributed by atoms with Crippen LogP contribution in [-0.2, 0) is 15.1 Å². The maximum Gasteiger partial charge on any atom is 0.322 e. The summed E-state index contributed by atoms with van der Waals surface area (Å²) in [5.74, 6) is -0.352. The van der Waals surface area contributed by atoms with Gasteiger partial charge in [0.1, 0.15) is 6.04 Å². The number of ether oxygens (including phenoxy) is 1. The van der Waals surface area contributed by atoms with Crippen LogP contribution in [-0.4, -0.2) is 25.7 Å². The van der Waals surface area contributed by atoms with Crippen molar-refractivity contribution >= 4 is 5.97 Å². The average molecular weight is 403 g/mol. The third-order valence-corrected chi connectivity index (χ3v) is 5.46. The highest BCUT2D eigenvalue weighted by Gasteiger charge is 2.35. The molecule has 0 spiro atoms. The summed E-state index contributed by atoms with van der Waals surface area (Å²) in [6.45, 7) is 0.784. The van der Waals surface area contributed by atoms with Crippen molar-refractivity contribution < 1.29 is 9.53 Å². The van der Waals surface area contributed by atoms with E-state index in [0.29, 0.717) is 6.42 Å². The van der Waals surface area contributed by atoms with Crippen LogP contribution in [0.5, 0.6) is 0 Å². The molecule has 0 heterocycles. The fourth-order valence-corrected chi connectivity index (χ4v) is 3.91. The second kappa shape index (κ2) is 10.7. The molecule has 0 amide bonds. The van der Waals surface area contributed by atoms with Crippen molar-refractivity contribution in [3.63, 3.8) is 0 Å². The molecular formula is C26H30N2O2. The van der Waals surface area contributed by atoms with Crippen LogP contribution in [0.15, 0.2) is 91.0 Å². The lowest BCUT2D eigenvalue weighted by Gasteiger charge is -2.37. The number of nitrogens with one attached hydrogen (secondary N) is 1. The highest BCUT2D eigenvalue weighted by Crippen LogP contribution is 2.36. The molecule has 0 aliphatic rings. The normalized spacial score (nSPS) is 12.3. The van der Waals surface area contributed by atoms with E-state index in [-0.39, 0.29) is 5.97 Å². The van der Waals surface area contributed by atoms with Crippen molar-refractivity contribution in [1.82, 2.24) is 5.32 Å². The van der Waals surface area contributed by atoms with Gasteiger partial charge in [0.05, 0.1) is 12.6 Å². The van der Waals surface area contributed by atoms with E-state index in [1.165, 1.54) is 23.8 Å². The minimum atomic E-state index is -0.558. The predicted octanol–water partition coefficient (Wildman–Crippen LogP) is 4.24. The Hall–Kier alpha value is -2.95. The topological polar surface area (TPSA) is 64.3 Å². The average Bonchev–Trinajstić information content (AvgIpc) is 2.82. The fourth-order valence-electron chi connectivity index (χ4n) is 3.91. The van der Waals surface area contributed by atoms with Crippen LogP contribution < -0.4 is 11.1 Å². The minimum absolute atomic E-state index is 0.352. The number of methoxy groups -OCH3 is 1. The second-order valence-corrected chi connectivity index (χ2v) is 7.40. The molecule has 0 fully saturated rings. The van der Waals surface area contributed by atoms with Crippen LogP contribution >= 0.6 is 0 Å². The number of carbonyl (C=O) groups excluding carboxylic acids is 1. The molecule has 0 radical (unpaired) electrons. The molecule has 3 aromatic rings. The standard InChI is InChI=1S/C26H30N2O2/c1-30-25(29)24(27)19-11-12-20-28-26(21-13-5-2-6-14-21,22-15-7-3-8-16-22)23-17-9-4-10-18-23/h2-10,13-18,24,28H,11-12,19-20,27H2,1H3/t24-/m0/s1. The summed E-state index contributed by atoms with van der Waals surface area (Å²) in [5.41, 5.74) is 8.98. The highest BCUT2D eigenvalue weighted by molar-refractivity contribution is 5.75. The van der Waals surface area contributed by atoms with Crippen LogP contribution in [0.25, 0.3) is 0 Å².